The molecule has 0 unspecified atom stereocenters. The van der Waals surface area contributed by atoms with E-state index in [2.05, 4.69) is 156 Å². The van der Waals surface area contributed by atoms with Gasteiger partial charge in [0, 0.05) is 40.8 Å². The fraction of sp³-hybridized carbons (Fsp3) is 0.0811. The zero-order valence-corrected chi connectivity index (χ0v) is 22.1. The Hall–Kier alpha value is -4.82. The van der Waals surface area contributed by atoms with Crippen molar-refractivity contribution in [2.24, 2.45) is 0 Å². The highest BCUT2D eigenvalue weighted by Gasteiger charge is 2.22. The van der Waals surface area contributed by atoms with Gasteiger partial charge in [0.25, 0.3) is 0 Å². The largest absolute Gasteiger partial charge is 0.345 e. The van der Waals surface area contributed by atoms with E-state index in [9.17, 15) is 0 Å². The first kappa shape index (κ1) is 23.3. The molecule has 1 heterocycles. The maximum absolute atomic E-state index is 2.48. The Balaban J connectivity index is 1.37. The highest BCUT2D eigenvalue weighted by Crippen LogP contribution is 2.40. The lowest BCUT2D eigenvalue weighted by molar-refractivity contribution is 0.898. The molecule has 39 heavy (non-hydrogen) atoms. The Labute approximate surface area is 230 Å². The van der Waals surface area contributed by atoms with E-state index < -0.39 is 0 Å². The predicted octanol–water partition coefficient (Wildman–Crippen LogP) is 9.55. The molecule has 0 radical (unpaired) electrons. The van der Waals surface area contributed by atoms with Crippen LogP contribution in [0.15, 0.2) is 133 Å². The number of anilines is 2. The molecule has 0 N–H and O–H groups in total. The number of aromatic nitrogens is 1. The Morgan fingerprint density at radius 1 is 0.564 bits per heavy atom. The van der Waals surface area contributed by atoms with Crippen molar-refractivity contribution in [3.8, 4) is 16.8 Å². The molecule has 1 aliphatic carbocycles. The van der Waals surface area contributed by atoms with Crippen LogP contribution in [-0.4, -0.2) is 11.6 Å². The van der Waals surface area contributed by atoms with Gasteiger partial charge in [-0.05, 0) is 89.7 Å². The van der Waals surface area contributed by atoms with Gasteiger partial charge in [0.15, 0.2) is 0 Å². The fourth-order valence-corrected chi connectivity index (χ4v) is 5.89. The number of allylic oxidation sites excluding steroid dienone is 1. The molecule has 6 aromatic rings. The summed E-state index contributed by atoms with van der Waals surface area (Å²) < 4.78 is 2.48. The summed E-state index contributed by atoms with van der Waals surface area (Å²) in [6.07, 6.45) is 4.48. The van der Waals surface area contributed by atoms with E-state index >= 15 is 0 Å². The lowest BCUT2D eigenvalue weighted by atomic mass is 9.91. The highest BCUT2D eigenvalue weighted by molar-refractivity contribution is 6.00. The van der Waals surface area contributed by atoms with Gasteiger partial charge in [-0.25, -0.2) is 0 Å². The molecule has 0 bridgehead atoms. The minimum Gasteiger partial charge on any atom is -0.345 e. The first-order chi connectivity index (χ1) is 19.3. The van der Waals surface area contributed by atoms with Gasteiger partial charge in [0.2, 0.25) is 0 Å². The zero-order valence-electron chi connectivity index (χ0n) is 22.1. The van der Waals surface area contributed by atoms with Gasteiger partial charge in [-0.1, -0.05) is 84.9 Å². The van der Waals surface area contributed by atoms with Crippen LogP contribution in [0, 0.1) is 0 Å². The van der Waals surface area contributed by atoms with E-state index in [0.29, 0.717) is 0 Å². The molecule has 0 amide bonds. The Bertz CT molecular complexity index is 1780. The quantitative estimate of drug-likeness (QED) is 0.228. The van der Waals surface area contributed by atoms with Crippen LogP contribution in [0.2, 0.25) is 0 Å². The lowest BCUT2D eigenvalue weighted by Gasteiger charge is -2.21. The summed E-state index contributed by atoms with van der Waals surface area (Å²) in [5, 5.41) is 1.31. The van der Waals surface area contributed by atoms with E-state index in [1.54, 1.807) is 0 Å². The minimum atomic E-state index is 1.01. The molecule has 0 spiro atoms. The summed E-state index contributed by atoms with van der Waals surface area (Å²) >= 11 is 0. The molecule has 0 atom stereocenters. The van der Waals surface area contributed by atoms with Crippen molar-refractivity contribution >= 4 is 33.9 Å². The summed E-state index contributed by atoms with van der Waals surface area (Å²) in [6, 6.07) is 47.9. The molecule has 0 fully saturated rings. The maximum Gasteiger partial charge on any atom is 0.0538 e. The molecule has 0 saturated heterocycles. The molecule has 0 aliphatic heterocycles. The van der Waals surface area contributed by atoms with Crippen molar-refractivity contribution in [2.75, 3.05) is 11.9 Å². The predicted molar refractivity (Wildman–Crippen MR) is 166 cm³/mol. The first-order valence-corrected chi connectivity index (χ1v) is 13.6. The number of nitrogens with zero attached hydrogens (tertiary/aromatic N) is 2. The molecular formula is C37H30N2. The van der Waals surface area contributed by atoms with Crippen LogP contribution in [0.3, 0.4) is 0 Å². The van der Waals surface area contributed by atoms with Crippen LogP contribution in [0.1, 0.15) is 23.2 Å². The third kappa shape index (κ3) is 4.24. The molecule has 5 aromatic carbocycles. The van der Waals surface area contributed by atoms with Gasteiger partial charge < -0.3 is 9.47 Å². The smallest absolute Gasteiger partial charge is 0.0538 e. The number of hydrogen-bond acceptors (Lipinski definition) is 1. The third-order valence-electron chi connectivity index (χ3n) is 7.95. The number of benzene rings is 5. The summed E-state index contributed by atoms with van der Waals surface area (Å²) in [5.41, 5.74) is 12.8. The van der Waals surface area contributed by atoms with E-state index in [1.165, 1.54) is 61.5 Å². The maximum atomic E-state index is 2.48. The van der Waals surface area contributed by atoms with Crippen LogP contribution in [-0.2, 0) is 6.42 Å². The number of hydrogen-bond donors (Lipinski definition) is 0. The average molecular weight is 503 g/mol. The normalized spacial score (nSPS) is 12.7. The van der Waals surface area contributed by atoms with Crippen LogP contribution in [0.4, 0.5) is 11.4 Å². The van der Waals surface area contributed by atoms with Crippen molar-refractivity contribution in [1.82, 2.24) is 4.57 Å². The first-order valence-electron chi connectivity index (χ1n) is 13.6. The second-order valence-corrected chi connectivity index (χ2v) is 10.2. The van der Waals surface area contributed by atoms with E-state index in [0.717, 1.165) is 12.8 Å². The molecule has 1 aliphatic rings. The molecule has 0 saturated carbocycles. The average Bonchev–Trinajstić information content (AvgIpc) is 3.35. The van der Waals surface area contributed by atoms with Crippen molar-refractivity contribution in [3.05, 3.63) is 150 Å². The number of rotatable bonds is 5. The van der Waals surface area contributed by atoms with Crippen molar-refractivity contribution < 1.29 is 0 Å². The van der Waals surface area contributed by atoms with Crippen LogP contribution in [0.5, 0.6) is 0 Å². The fourth-order valence-electron chi connectivity index (χ4n) is 5.89. The second kappa shape index (κ2) is 9.81. The van der Waals surface area contributed by atoms with Crippen LogP contribution < -0.4 is 4.90 Å². The van der Waals surface area contributed by atoms with E-state index in [1.807, 2.05) is 0 Å². The van der Waals surface area contributed by atoms with Gasteiger partial charge in [-0.15, -0.1) is 0 Å². The lowest BCUT2D eigenvalue weighted by Crippen LogP contribution is -2.09. The van der Waals surface area contributed by atoms with Gasteiger partial charge >= 0.3 is 0 Å². The molecule has 2 nitrogen and oxygen atoms in total. The third-order valence-corrected chi connectivity index (χ3v) is 7.95. The van der Waals surface area contributed by atoms with Gasteiger partial charge in [0.05, 0.1) is 5.52 Å². The molecule has 2 heteroatoms. The van der Waals surface area contributed by atoms with Crippen LogP contribution in [0.25, 0.3) is 39.4 Å². The molecule has 7 rings (SSSR count). The summed E-state index contributed by atoms with van der Waals surface area (Å²) in [4.78, 5) is 2.23. The SMILES string of the molecule is CN(c1ccccc1)c1ccc(-n2c3c(c4cc(-c5ccccc5)ccc42)C=C(c2ccccc2)CC3)cc1. The molecule has 188 valence electrons. The second-order valence-electron chi connectivity index (χ2n) is 10.2. The molecule has 1 aromatic heterocycles. The number of fused-ring (bicyclic) bond motifs is 3. The number of para-hydroxylation sites is 1. The van der Waals surface area contributed by atoms with Gasteiger partial charge in [0.1, 0.15) is 0 Å². The summed E-state index contributed by atoms with van der Waals surface area (Å²) in [6.45, 7) is 0. The Morgan fingerprint density at radius 3 is 1.87 bits per heavy atom. The standard InChI is InChI=1S/C37H30N2/c1-38(31-15-9-4-10-16-31)32-19-21-33(22-20-32)39-36-23-17-29(27-11-5-2-6-12-27)25-34(36)35-26-30(18-24-37(35)39)28-13-7-3-8-14-28/h2-17,19-23,25-26H,18,24H2,1H3. The highest BCUT2D eigenvalue weighted by atomic mass is 15.1. The minimum absolute atomic E-state index is 1.01. The molecular weight excluding hydrogens is 472 g/mol. The topological polar surface area (TPSA) is 8.17 Å². The summed E-state index contributed by atoms with van der Waals surface area (Å²) in [5.74, 6) is 0. The Kier molecular flexibility index (Phi) is 5.86. The summed E-state index contributed by atoms with van der Waals surface area (Å²) in [7, 11) is 2.12. The van der Waals surface area contributed by atoms with E-state index in [4.69, 9.17) is 0 Å². The van der Waals surface area contributed by atoms with Crippen LogP contribution >= 0.6 is 0 Å². The van der Waals surface area contributed by atoms with Crippen molar-refractivity contribution in [2.45, 2.75) is 12.8 Å². The van der Waals surface area contributed by atoms with Gasteiger partial charge in [-0.3, -0.25) is 0 Å². The zero-order chi connectivity index (χ0) is 26.2. The Morgan fingerprint density at radius 2 is 1.18 bits per heavy atom. The van der Waals surface area contributed by atoms with E-state index in [-0.39, 0.29) is 0 Å². The van der Waals surface area contributed by atoms with Crippen molar-refractivity contribution in [1.29, 1.82) is 0 Å². The van der Waals surface area contributed by atoms with Crippen molar-refractivity contribution in [3.63, 3.8) is 0 Å². The van der Waals surface area contributed by atoms with Gasteiger partial charge in [-0.2, -0.15) is 0 Å². The monoisotopic (exact) mass is 502 g/mol.